The Balaban J connectivity index is 2.48. The van der Waals surface area contributed by atoms with Gasteiger partial charge in [-0.2, -0.15) is 5.10 Å². The molecule has 0 unspecified atom stereocenters. The van der Waals surface area contributed by atoms with Crippen molar-refractivity contribution in [2.45, 2.75) is 19.9 Å². The summed E-state index contributed by atoms with van der Waals surface area (Å²) in [5, 5.41) is 4.67. The maximum absolute atomic E-state index is 5.76. The standard InChI is InChI=1S/C10H10ClIN4/c1-6(2)16-5-7(9(12)15-16)8-3-4-13-10(11)14-8/h3-6H,1-2H3. The molecule has 4 nitrogen and oxygen atoms in total. The van der Waals surface area contributed by atoms with Gasteiger partial charge in [0, 0.05) is 18.4 Å². The molecular formula is C10H10ClIN4. The first kappa shape index (κ1) is 11.8. The fourth-order valence-corrected chi connectivity index (χ4v) is 2.10. The molecule has 2 aromatic rings. The van der Waals surface area contributed by atoms with Crippen LogP contribution in [0.3, 0.4) is 0 Å². The van der Waals surface area contributed by atoms with Crippen LogP contribution in [0.15, 0.2) is 18.5 Å². The largest absolute Gasteiger partial charge is 0.268 e. The van der Waals surface area contributed by atoms with E-state index in [9.17, 15) is 0 Å². The molecule has 84 valence electrons. The predicted octanol–water partition coefficient (Wildman–Crippen LogP) is 3.18. The van der Waals surface area contributed by atoms with Gasteiger partial charge in [0.2, 0.25) is 5.28 Å². The Morgan fingerprint density at radius 2 is 2.19 bits per heavy atom. The van der Waals surface area contributed by atoms with Crippen LogP contribution in [0.2, 0.25) is 5.28 Å². The Morgan fingerprint density at radius 3 is 2.75 bits per heavy atom. The lowest BCUT2D eigenvalue weighted by atomic mass is 10.2. The molecule has 16 heavy (non-hydrogen) atoms. The molecule has 0 aromatic carbocycles. The van der Waals surface area contributed by atoms with Crippen LogP contribution in [0.4, 0.5) is 0 Å². The van der Waals surface area contributed by atoms with Crippen LogP contribution in [0.1, 0.15) is 19.9 Å². The minimum absolute atomic E-state index is 0.255. The van der Waals surface area contributed by atoms with Gasteiger partial charge in [-0.3, -0.25) is 4.68 Å². The van der Waals surface area contributed by atoms with Gasteiger partial charge < -0.3 is 0 Å². The molecule has 0 bridgehead atoms. The van der Waals surface area contributed by atoms with Gasteiger partial charge in [0.1, 0.15) is 3.70 Å². The highest BCUT2D eigenvalue weighted by atomic mass is 127. The minimum atomic E-state index is 0.255. The van der Waals surface area contributed by atoms with Gasteiger partial charge in [0.05, 0.1) is 11.3 Å². The maximum Gasteiger partial charge on any atom is 0.222 e. The van der Waals surface area contributed by atoms with Crippen molar-refractivity contribution < 1.29 is 0 Å². The van der Waals surface area contributed by atoms with Gasteiger partial charge in [-0.1, -0.05) is 0 Å². The number of rotatable bonds is 2. The summed E-state index contributed by atoms with van der Waals surface area (Å²) < 4.78 is 2.83. The lowest BCUT2D eigenvalue weighted by Gasteiger charge is -2.02. The molecule has 0 aliphatic rings. The summed E-state index contributed by atoms with van der Waals surface area (Å²) in [6.45, 7) is 4.17. The molecule has 0 aliphatic carbocycles. The van der Waals surface area contributed by atoms with Crippen molar-refractivity contribution in [2.75, 3.05) is 0 Å². The zero-order valence-corrected chi connectivity index (χ0v) is 11.8. The fraction of sp³-hybridized carbons (Fsp3) is 0.300. The summed E-state index contributed by atoms with van der Waals surface area (Å²) in [6, 6.07) is 2.16. The monoisotopic (exact) mass is 348 g/mol. The number of halogens is 2. The van der Waals surface area contributed by atoms with Gasteiger partial charge in [0.15, 0.2) is 0 Å². The summed E-state index contributed by atoms with van der Waals surface area (Å²) in [7, 11) is 0. The van der Waals surface area contributed by atoms with E-state index in [2.05, 4.69) is 51.5 Å². The quantitative estimate of drug-likeness (QED) is 0.618. The molecule has 0 radical (unpaired) electrons. The summed E-state index contributed by atoms with van der Waals surface area (Å²) >= 11 is 7.96. The molecular weight excluding hydrogens is 338 g/mol. The van der Waals surface area contributed by atoms with Crippen LogP contribution in [-0.2, 0) is 0 Å². The minimum Gasteiger partial charge on any atom is -0.268 e. The molecule has 0 saturated carbocycles. The summed E-state index contributed by atoms with van der Waals surface area (Å²) in [5.74, 6) is 0. The average molecular weight is 349 g/mol. The molecule has 2 aromatic heterocycles. The second-order valence-electron chi connectivity index (χ2n) is 3.62. The smallest absolute Gasteiger partial charge is 0.222 e. The zero-order valence-electron chi connectivity index (χ0n) is 8.85. The van der Waals surface area contributed by atoms with Crippen molar-refractivity contribution in [3.63, 3.8) is 0 Å². The third-order valence-corrected chi connectivity index (χ3v) is 3.10. The van der Waals surface area contributed by atoms with E-state index in [4.69, 9.17) is 11.6 Å². The third kappa shape index (κ3) is 2.35. The Labute approximate surface area is 112 Å². The number of hydrogen-bond donors (Lipinski definition) is 0. The Bertz CT molecular complexity index is 509. The van der Waals surface area contributed by atoms with Crippen LogP contribution in [0.25, 0.3) is 11.3 Å². The van der Waals surface area contributed by atoms with E-state index in [1.165, 1.54) is 0 Å². The molecule has 2 rings (SSSR count). The molecule has 0 saturated heterocycles. The van der Waals surface area contributed by atoms with E-state index in [1.54, 1.807) is 6.20 Å². The summed E-state index contributed by atoms with van der Waals surface area (Å²) in [4.78, 5) is 8.03. The molecule has 0 atom stereocenters. The van der Waals surface area contributed by atoms with Crippen molar-refractivity contribution in [3.8, 4) is 11.3 Å². The van der Waals surface area contributed by atoms with E-state index in [1.807, 2.05) is 16.9 Å². The predicted molar refractivity (Wildman–Crippen MR) is 71.4 cm³/mol. The molecule has 6 heteroatoms. The Kier molecular flexibility index (Phi) is 3.44. The van der Waals surface area contributed by atoms with Gasteiger partial charge in [-0.25, -0.2) is 9.97 Å². The third-order valence-electron chi connectivity index (χ3n) is 2.12. The van der Waals surface area contributed by atoms with Crippen molar-refractivity contribution in [1.29, 1.82) is 0 Å². The number of nitrogens with zero attached hydrogens (tertiary/aromatic N) is 4. The summed E-state index contributed by atoms with van der Waals surface area (Å²) in [6.07, 6.45) is 3.62. The second kappa shape index (κ2) is 4.67. The van der Waals surface area contributed by atoms with Crippen molar-refractivity contribution in [1.82, 2.24) is 19.7 Å². The highest BCUT2D eigenvalue weighted by Gasteiger charge is 2.11. The van der Waals surface area contributed by atoms with Crippen LogP contribution >= 0.6 is 34.2 Å². The van der Waals surface area contributed by atoms with Gasteiger partial charge >= 0.3 is 0 Å². The van der Waals surface area contributed by atoms with Gasteiger partial charge in [0.25, 0.3) is 0 Å². The van der Waals surface area contributed by atoms with Crippen molar-refractivity contribution in [3.05, 3.63) is 27.4 Å². The van der Waals surface area contributed by atoms with Crippen molar-refractivity contribution in [2.24, 2.45) is 0 Å². The van der Waals surface area contributed by atoms with Gasteiger partial charge in [-0.05, 0) is 54.1 Å². The number of aromatic nitrogens is 4. The lowest BCUT2D eigenvalue weighted by Crippen LogP contribution is -2.00. The second-order valence-corrected chi connectivity index (χ2v) is 4.98. The van der Waals surface area contributed by atoms with E-state index in [0.29, 0.717) is 6.04 Å². The molecule has 2 heterocycles. The summed E-state index contributed by atoms with van der Waals surface area (Å²) in [5.41, 5.74) is 1.79. The first-order valence-electron chi connectivity index (χ1n) is 4.81. The molecule has 0 amide bonds. The van der Waals surface area contributed by atoms with E-state index >= 15 is 0 Å². The fourth-order valence-electron chi connectivity index (χ4n) is 1.29. The van der Waals surface area contributed by atoms with E-state index < -0.39 is 0 Å². The Morgan fingerprint density at radius 1 is 1.44 bits per heavy atom. The first-order valence-corrected chi connectivity index (χ1v) is 6.27. The van der Waals surface area contributed by atoms with E-state index in [0.717, 1.165) is 15.0 Å². The van der Waals surface area contributed by atoms with Crippen LogP contribution < -0.4 is 0 Å². The maximum atomic E-state index is 5.76. The van der Waals surface area contributed by atoms with Gasteiger partial charge in [-0.15, -0.1) is 0 Å². The average Bonchev–Trinajstić information content (AvgIpc) is 2.60. The first-order chi connectivity index (χ1) is 7.58. The zero-order chi connectivity index (χ0) is 11.7. The van der Waals surface area contributed by atoms with Crippen LogP contribution in [-0.4, -0.2) is 19.7 Å². The molecule has 0 N–H and O–H groups in total. The van der Waals surface area contributed by atoms with Crippen LogP contribution in [0.5, 0.6) is 0 Å². The highest BCUT2D eigenvalue weighted by Crippen LogP contribution is 2.24. The van der Waals surface area contributed by atoms with E-state index in [-0.39, 0.29) is 5.28 Å². The normalized spacial score (nSPS) is 11.1. The SMILES string of the molecule is CC(C)n1cc(-c2ccnc(Cl)n2)c(I)n1. The highest BCUT2D eigenvalue weighted by molar-refractivity contribution is 14.1. The topological polar surface area (TPSA) is 43.6 Å². The molecule has 0 fully saturated rings. The van der Waals surface area contributed by atoms with Crippen LogP contribution in [0, 0.1) is 3.70 Å². The molecule has 0 aliphatic heterocycles. The number of hydrogen-bond acceptors (Lipinski definition) is 3. The molecule has 0 spiro atoms. The van der Waals surface area contributed by atoms with Crippen molar-refractivity contribution >= 4 is 34.2 Å². The lowest BCUT2D eigenvalue weighted by molar-refractivity contribution is 0.529. The Hall–Kier alpha value is -0.690.